The van der Waals surface area contributed by atoms with E-state index in [1.54, 1.807) is 0 Å². The number of halogens is 2. The van der Waals surface area contributed by atoms with Crippen molar-refractivity contribution in [2.75, 3.05) is 49.5 Å². The molecule has 0 saturated carbocycles. The first-order chi connectivity index (χ1) is 15.5. The first-order valence-corrected chi connectivity index (χ1v) is 11.8. The summed E-state index contributed by atoms with van der Waals surface area (Å²) < 4.78 is 0. The Bertz CT molecular complexity index is 946. The van der Waals surface area contributed by atoms with Crippen LogP contribution < -0.4 is 10.2 Å². The van der Waals surface area contributed by atoms with Crippen molar-refractivity contribution in [1.82, 2.24) is 9.80 Å². The maximum absolute atomic E-state index is 13.6. The summed E-state index contributed by atoms with van der Waals surface area (Å²) in [6.07, 6.45) is 1.74. The second-order valence-electron chi connectivity index (χ2n) is 8.17. The van der Waals surface area contributed by atoms with Gasteiger partial charge in [-0.1, -0.05) is 52.0 Å². The van der Waals surface area contributed by atoms with E-state index in [2.05, 4.69) is 48.9 Å². The van der Waals surface area contributed by atoms with Gasteiger partial charge in [-0.3, -0.25) is 24.3 Å². The molecule has 2 amide bonds. The second-order valence-corrected chi connectivity index (χ2v) is 8.17. The van der Waals surface area contributed by atoms with Gasteiger partial charge in [0.2, 0.25) is 11.8 Å². The molecule has 1 heterocycles. The summed E-state index contributed by atoms with van der Waals surface area (Å²) in [4.78, 5) is 32.2. The van der Waals surface area contributed by atoms with Crippen molar-refractivity contribution in [2.45, 2.75) is 40.5 Å². The summed E-state index contributed by atoms with van der Waals surface area (Å²) in [6, 6.07) is 14.1. The second kappa shape index (κ2) is 14.3. The van der Waals surface area contributed by atoms with Gasteiger partial charge in [0.05, 0.1) is 24.5 Å². The Balaban J connectivity index is 0.00000289. The summed E-state index contributed by atoms with van der Waals surface area (Å²) >= 11 is 0. The standard InChI is InChI=1S/C26H36N4O2.2ClH/c1-5-28(6-2)18-25(31)27-22-16-15-21-14-13-20-11-9-10-12-23(20)30(24(21)17-22)26(32)19-29(7-3)8-4;;/h9-12,15-17H,5-8,13-14,18-19H2,1-4H3,(H,27,31);2*1H. The van der Waals surface area contributed by atoms with Crippen molar-refractivity contribution < 1.29 is 9.59 Å². The molecule has 1 aliphatic heterocycles. The van der Waals surface area contributed by atoms with Gasteiger partial charge < -0.3 is 5.32 Å². The summed E-state index contributed by atoms with van der Waals surface area (Å²) in [5.41, 5.74) is 4.82. The van der Waals surface area contributed by atoms with Gasteiger partial charge in [-0.05, 0) is 68.3 Å². The minimum absolute atomic E-state index is 0. The lowest BCUT2D eigenvalue weighted by molar-refractivity contribution is -0.119. The van der Waals surface area contributed by atoms with Crippen LogP contribution in [-0.2, 0) is 22.4 Å². The molecule has 3 rings (SSSR count). The van der Waals surface area contributed by atoms with Crippen molar-refractivity contribution in [3.63, 3.8) is 0 Å². The fourth-order valence-corrected chi connectivity index (χ4v) is 4.23. The Morgan fingerprint density at radius 1 is 0.794 bits per heavy atom. The highest BCUT2D eigenvalue weighted by atomic mass is 35.5. The predicted octanol–water partition coefficient (Wildman–Crippen LogP) is 4.92. The van der Waals surface area contributed by atoms with E-state index in [1.165, 1.54) is 5.56 Å². The summed E-state index contributed by atoms with van der Waals surface area (Å²) in [5.74, 6) is 0.0135. The number of carbonyl (C=O) groups excluding carboxylic acids is 2. The molecule has 0 aromatic heterocycles. The molecule has 6 nitrogen and oxygen atoms in total. The number of fused-ring (bicyclic) bond motifs is 2. The molecule has 0 unspecified atom stereocenters. The minimum atomic E-state index is -0.0383. The number of benzene rings is 2. The van der Waals surface area contributed by atoms with Crippen LogP contribution in [0.3, 0.4) is 0 Å². The third kappa shape index (κ3) is 7.19. The average Bonchev–Trinajstić information content (AvgIpc) is 2.97. The van der Waals surface area contributed by atoms with Crippen LogP contribution in [-0.4, -0.2) is 60.9 Å². The van der Waals surface area contributed by atoms with Gasteiger partial charge in [0.15, 0.2) is 0 Å². The van der Waals surface area contributed by atoms with Gasteiger partial charge in [0.1, 0.15) is 0 Å². The quantitative estimate of drug-likeness (QED) is 0.522. The van der Waals surface area contributed by atoms with Crippen LogP contribution in [0.25, 0.3) is 0 Å². The Hall–Kier alpha value is -2.12. The number of likely N-dealkylation sites (N-methyl/N-ethyl adjacent to an activating group) is 2. The molecule has 0 radical (unpaired) electrons. The van der Waals surface area contributed by atoms with Crippen LogP contribution >= 0.6 is 24.8 Å². The van der Waals surface area contributed by atoms with E-state index in [9.17, 15) is 9.59 Å². The Kier molecular flexibility index (Phi) is 12.6. The molecule has 0 bridgehead atoms. The van der Waals surface area contributed by atoms with Gasteiger partial charge >= 0.3 is 0 Å². The minimum Gasteiger partial charge on any atom is -0.325 e. The van der Waals surface area contributed by atoms with Crippen LogP contribution in [0.2, 0.25) is 0 Å². The zero-order chi connectivity index (χ0) is 23.1. The summed E-state index contributed by atoms with van der Waals surface area (Å²) in [6.45, 7) is 12.3. The number of nitrogens with one attached hydrogen (secondary N) is 1. The molecule has 1 N–H and O–H groups in total. The molecule has 0 atom stereocenters. The van der Waals surface area contributed by atoms with Gasteiger partial charge in [0.25, 0.3) is 0 Å². The topological polar surface area (TPSA) is 55.9 Å². The molecule has 8 heteroatoms. The average molecular weight is 510 g/mol. The third-order valence-electron chi connectivity index (χ3n) is 6.27. The lowest BCUT2D eigenvalue weighted by Gasteiger charge is -2.28. The van der Waals surface area contributed by atoms with E-state index in [0.29, 0.717) is 13.1 Å². The van der Waals surface area contributed by atoms with E-state index >= 15 is 0 Å². The molecule has 0 fully saturated rings. The van der Waals surface area contributed by atoms with E-state index in [1.807, 2.05) is 41.3 Å². The van der Waals surface area contributed by atoms with Crippen molar-refractivity contribution >= 4 is 53.7 Å². The lowest BCUT2D eigenvalue weighted by Crippen LogP contribution is -2.38. The van der Waals surface area contributed by atoms with Gasteiger partial charge in [-0.25, -0.2) is 0 Å². The molecule has 188 valence electrons. The maximum Gasteiger partial charge on any atom is 0.245 e. The highest BCUT2D eigenvalue weighted by molar-refractivity contribution is 6.04. The lowest BCUT2D eigenvalue weighted by atomic mass is 10.0. The fraction of sp³-hybridized carbons (Fsp3) is 0.462. The number of aryl methyl sites for hydroxylation is 2. The zero-order valence-corrected chi connectivity index (χ0v) is 22.3. The van der Waals surface area contributed by atoms with Gasteiger partial charge in [0, 0.05) is 5.69 Å². The zero-order valence-electron chi connectivity index (χ0n) is 20.7. The number of rotatable bonds is 9. The largest absolute Gasteiger partial charge is 0.325 e. The van der Waals surface area contributed by atoms with Crippen LogP contribution in [0.4, 0.5) is 17.1 Å². The molecule has 0 saturated heterocycles. The molecular weight excluding hydrogens is 471 g/mol. The molecular formula is C26H38Cl2N4O2. The number of amides is 2. The normalized spacial score (nSPS) is 12.2. The van der Waals surface area contributed by atoms with Gasteiger partial charge in [-0.2, -0.15) is 0 Å². The fourth-order valence-electron chi connectivity index (χ4n) is 4.23. The molecule has 0 spiro atoms. The van der Waals surface area contributed by atoms with E-state index in [0.717, 1.165) is 61.6 Å². The van der Waals surface area contributed by atoms with Crippen LogP contribution in [0, 0.1) is 0 Å². The summed E-state index contributed by atoms with van der Waals surface area (Å²) in [5, 5.41) is 3.03. The van der Waals surface area contributed by atoms with Crippen LogP contribution in [0.15, 0.2) is 42.5 Å². The highest BCUT2D eigenvalue weighted by Crippen LogP contribution is 2.37. The number of carbonyl (C=O) groups is 2. The van der Waals surface area contributed by atoms with Crippen molar-refractivity contribution in [3.8, 4) is 0 Å². The number of anilines is 3. The first kappa shape index (κ1) is 29.9. The van der Waals surface area contributed by atoms with Crippen LogP contribution in [0.1, 0.15) is 38.8 Å². The highest BCUT2D eigenvalue weighted by Gasteiger charge is 2.27. The first-order valence-electron chi connectivity index (χ1n) is 11.8. The molecule has 34 heavy (non-hydrogen) atoms. The number of hydrogen-bond donors (Lipinski definition) is 1. The smallest absolute Gasteiger partial charge is 0.245 e. The predicted molar refractivity (Wildman–Crippen MR) is 146 cm³/mol. The van der Waals surface area contributed by atoms with E-state index in [-0.39, 0.29) is 36.6 Å². The molecule has 2 aromatic rings. The third-order valence-corrected chi connectivity index (χ3v) is 6.27. The van der Waals surface area contributed by atoms with Crippen molar-refractivity contribution in [1.29, 1.82) is 0 Å². The number of nitrogens with zero attached hydrogens (tertiary/aromatic N) is 3. The number of hydrogen-bond acceptors (Lipinski definition) is 4. The van der Waals surface area contributed by atoms with Gasteiger partial charge in [-0.15, -0.1) is 24.8 Å². The van der Waals surface area contributed by atoms with Crippen molar-refractivity contribution in [2.24, 2.45) is 0 Å². The van der Waals surface area contributed by atoms with E-state index in [4.69, 9.17) is 0 Å². The maximum atomic E-state index is 13.6. The molecule has 0 aliphatic carbocycles. The SMILES string of the molecule is CCN(CC)CC(=O)Nc1ccc2c(c1)N(C(=O)CN(CC)CC)c1ccccc1CC2.Cl.Cl. The molecule has 1 aliphatic rings. The molecule has 2 aromatic carbocycles. The Morgan fingerprint density at radius 3 is 1.97 bits per heavy atom. The Labute approximate surface area is 216 Å². The number of para-hydroxylation sites is 1. The summed E-state index contributed by atoms with van der Waals surface area (Å²) in [7, 11) is 0. The van der Waals surface area contributed by atoms with E-state index < -0.39 is 0 Å². The monoisotopic (exact) mass is 508 g/mol. The van der Waals surface area contributed by atoms with Crippen molar-refractivity contribution in [3.05, 3.63) is 53.6 Å². The van der Waals surface area contributed by atoms with Crippen LogP contribution in [0.5, 0.6) is 0 Å². The Morgan fingerprint density at radius 2 is 1.35 bits per heavy atom.